The van der Waals surface area contributed by atoms with Crippen molar-refractivity contribution in [1.82, 2.24) is 0 Å². The van der Waals surface area contributed by atoms with Crippen molar-refractivity contribution in [2.75, 3.05) is 18.2 Å². The number of sulfone groups is 1. The zero-order valence-corrected chi connectivity index (χ0v) is 21.9. The molecule has 0 amide bonds. The van der Waals surface area contributed by atoms with E-state index in [1.165, 1.54) is 23.5 Å². The van der Waals surface area contributed by atoms with Crippen LogP contribution in [0.3, 0.4) is 0 Å². The van der Waals surface area contributed by atoms with E-state index in [0.717, 1.165) is 12.3 Å². The predicted molar refractivity (Wildman–Crippen MR) is 140 cm³/mol. The number of halogens is 3. The highest BCUT2D eigenvalue weighted by molar-refractivity contribution is 7.90. The standard InChI is InChI=1S/C26H27F3N2O3S2/c1-25(2,3)16-34-22-11-6-5-10-20(22)31-21(14-24(30)26(27,28)29)23-13-18(15-35-23)17-8-7-9-19(12-17)36(4,32)33/h5-15,30-31H,16H2,1-4H3/b21-14-,30-24?. The first-order chi connectivity index (χ1) is 16.6. The smallest absolute Gasteiger partial charge is 0.432 e. The number of anilines is 1. The fourth-order valence-corrected chi connectivity index (χ4v) is 4.62. The number of para-hydroxylation sites is 2. The van der Waals surface area contributed by atoms with E-state index in [0.29, 0.717) is 34.0 Å². The zero-order valence-electron chi connectivity index (χ0n) is 20.2. The second-order valence-corrected chi connectivity index (χ2v) is 12.4. The van der Waals surface area contributed by atoms with Crippen molar-refractivity contribution in [1.29, 1.82) is 5.41 Å². The summed E-state index contributed by atoms with van der Waals surface area (Å²) in [5.74, 6) is 0.467. The lowest BCUT2D eigenvalue weighted by Crippen LogP contribution is -2.20. The maximum Gasteiger partial charge on any atom is 0.432 e. The summed E-state index contributed by atoms with van der Waals surface area (Å²) in [7, 11) is -3.42. The Morgan fingerprint density at radius 3 is 2.39 bits per heavy atom. The molecule has 192 valence electrons. The van der Waals surface area contributed by atoms with E-state index >= 15 is 0 Å². The Morgan fingerprint density at radius 2 is 1.75 bits per heavy atom. The van der Waals surface area contributed by atoms with Gasteiger partial charge in [0.05, 0.1) is 27.8 Å². The van der Waals surface area contributed by atoms with E-state index in [4.69, 9.17) is 10.1 Å². The number of benzene rings is 2. The van der Waals surface area contributed by atoms with Crippen molar-refractivity contribution in [3.05, 3.63) is 70.9 Å². The van der Waals surface area contributed by atoms with Gasteiger partial charge in [-0.2, -0.15) is 13.2 Å². The van der Waals surface area contributed by atoms with Crippen molar-refractivity contribution >= 4 is 38.3 Å². The van der Waals surface area contributed by atoms with Crippen LogP contribution in [0.25, 0.3) is 16.8 Å². The summed E-state index contributed by atoms with van der Waals surface area (Å²) >= 11 is 1.18. The number of hydrogen-bond donors (Lipinski definition) is 2. The highest BCUT2D eigenvalue weighted by Crippen LogP contribution is 2.35. The summed E-state index contributed by atoms with van der Waals surface area (Å²) in [6.45, 7) is 6.41. The quantitative estimate of drug-likeness (QED) is 0.297. The molecule has 0 aliphatic rings. The van der Waals surface area contributed by atoms with Crippen LogP contribution in [-0.2, 0) is 9.84 Å². The minimum absolute atomic E-state index is 0.0691. The third-order valence-corrected chi connectivity index (χ3v) is 6.95. The van der Waals surface area contributed by atoms with Gasteiger partial charge in [-0.05, 0) is 58.3 Å². The van der Waals surface area contributed by atoms with Gasteiger partial charge in [-0.25, -0.2) is 8.42 Å². The van der Waals surface area contributed by atoms with Crippen molar-refractivity contribution in [3.8, 4) is 16.9 Å². The van der Waals surface area contributed by atoms with Gasteiger partial charge in [-0.15, -0.1) is 11.3 Å². The molecule has 0 aliphatic carbocycles. The van der Waals surface area contributed by atoms with Gasteiger partial charge in [0.1, 0.15) is 11.5 Å². The number of allylic oxidation sites excluding steroid dienone is 1. The first kappa shape index (κ1) is 27.5. The molecule has 0 unspecified atom stereocenters. The molecule has 3 rings (SSSR count). The lowest BCUT2D eigenvalue weighted by Gasteiger charge is -2.21. The second kappa shape index (κ2) is 10.5. The Balaban J connectivity index is 2.01. The molecule has 2 aromatic carbocycles. The minimum atomic E-state index is -4.82. The number of nitrogens with one attached hydrogen (secondary N) is 2. The topological polar surface area (TPSA) is 79.2 Å². The van der Waals surface area contributed by atoms with Gasteiger partial charge in [-0.1, -0.05) is 45.0 Å². The molecule has 0 bridgehead atoms. The molecule has 1 aromatic heterocycles. The van der Waals surface area contributed by atoms with E-state index in [9.17, 15) is 21.6 Å². The average Bonchev–Trinajstić information content (AvgIpc) is 3.26. The number of rotatable bonds is 8. The van der Waals surface area contributed by atoms with Gasteiger partial charge in [0.15, 0.2) is 9.84 Å². The van der Waals surface area contributed by atoms with Crippen LogP contribution < -0.4 is 10.1 Å². The van der Waals surface area contributed by atoms with Gasteiger partial charge in [0, 0.05) is 6.26 Å². The van der Waals surface area contributed by atoms with Crippen LogP contribution in [0.5, 0.6) is 5.75 Å². The van der Waals surface area contributed by atoms with Crippen molar-refractivity contribution in [2.45, 2.75) is 31.8 Å². The Morgan fingerprint density at radius 1 is 1.06 bits per heavy atom. The van der Waals surface area contributed by atoms with Gasteiger partial charge < -0.3 is 10.1 Å². The molecule has 1 heterocycles. The molecule has 0 saturated heterocycles. The van der Waals surface area contributed by atoms with Crippen LogP contribution in [0.15, 0.2) is 70.9 Å². The third kappa shape index (κ3) is 7.44. The molecular weight excluding hydrogens is 509 g/mol. The van der Waals surface area contributed by atoms with E-state index in [1.54, 1.807) is 47.8 Å². The van der Waals surface area contributed by atoms with E-state index in [-0.39, 0.29) is 16.0 Å². The highest BCUT2D eigenvalue weighted by Gasteiger charge is 2.33. The second-order valence-electron chi connectivity index (χ2n) is 9.44. The highest BCUT2D eigenvalue weighted by atomic mass is 32.2. The van der Waals surface area contributed by atoms with Gasteiger partial charge in [0.2, 0.25) is 0 Å². The number of thiophene rings is 1. The molecule has 0 saturated carbocycles. The van der Waals surface area contributed by atoms with Crippen molar-refractivity contribution in [3.63, 3.8) is 0 Å². The molecular formula is C26H27F3N2O3S2. The molecule has 0 fully saturated rings. The van der Waals surface area contributed by atoms with Crippen molar-refractivity contribution in [2.24, 2.45) is 5.41 Å². The molecule has 10 heteroatoms. The lowest BCUT2D eigenvalue weighted by atomic mass is 9.99. The molecule has 5 nitrogen and oxygen atoms in total. The fraction of sp³-hybridized carbons (Fsp3) is 0.269. The largest absolute Gasteiger partial charge is 0.491 e. The zero-order chi connectivity index (χ0) is 26.7. The molecule has 0 aliphatic heterocycles. The monoisotopic (exact) mass is 536 g/mol. The number of alkyl halides is 3. The Hall–Kier alpha value is -3.11. The molecule has 2 N–H and O–H groups in total. The van der Waals surface area contributed by atoms with Gasteiger partial charge in [-0.3, -0.25) is 5.41 Å². The van der Waals surface area contributed by atoms with E-state index in [2.05, 4.69) is 5.32 Å². The normalized spacial score (nSPS) is 12.9. The van der Waals surface area contributed by atoms with E-state index < -0.39 is 21.7 Å². The average molecular weight is 537 g/mol. The summed E-state index contributed by atoms with van der Waals surface area (Å²) in [5.41, 5.74) is 0.139. The SMILES string of the molecule is CC(C)(C)COc1ccccc1N/C(=C\C(=N)C(F)(F)F)c1cc(-c2cccc(S(C)(=O)=O)c2)cs1. The molecule has 0 radical (unpaired) electrons. The summed E-state index contributed by atoms with van der Waals surface area (Å²) in [4.78, 5) is 0.583. The fourth-order valence-electron chi connectivity index (χ4n) is 3.07. The van der Waals surface area contributed by atoms with Gasteiger partial charge in [0.25, 0.3) is 0 Å². The summed E-state index contributed by atoms with van der Waals surface area (Å²) in [6.07, 6.45) is -2.97. The molecule has 0 atom stereocenters. The lowest BCUT2D eigenvalue weighted by molar-refractivity contribution is -0.0583. The van der Waals surface area contributed by atoms with Crippen LogP contribution in [0.1, 0.15) is 25.6 Å². The first-order valence-electron chi connectivity index (χ1n) is 10.9. The summed E-state index contributed by atoms with van der Waals surface area (Å²) < 4.78 is 69.5. The Bertz CT molecular complexity index is 1390. The maximum atomic E-state index is 13.2. The minimum Gasteiger partial charge on any atom is -0.491 e. The van der Waals surface area contributed by atoms with Crippen LogP contribution >= 0.6 is 11.3 Å². The molecule has 3 aromatic rings. The predicted octanol–water partition coefficient (Wildman–Crippen LogP) is 7.28. The van der Waals surface area contributed by atoms with Gasteiger partial charge >= 0.3 is 6.18 Å². The first-order valence-corrected chi connectivity index (χ1v) is 13.7. The third-order valence-electron chi connectivity index (χ3n) is 4.87. The van der Waals surface area contributed by atoms with E-state index in [1.807, 2.05) is 20.8 Å². The van der Waals surface area contributed by atoms with Crippen LogP contribution in [0, 0.1) is 10.8 Å². The number of hydrogen-bond acceptors (Lipinski definition) is 6. The van der Waals surface area contributed by atoms with Crippen LogP contribution in [0.4, 0.5) is 18.9 Å². The van der Waals surface area contributed by atoms with Crippen molar-refractivity contribution < 1.29 is 26.3 Å². The summed E-state index contributed by atoms with van der Waals surface area (Å²) in [5, 5.41) is 12.3. The Labute approximate surface area is 213 Å². The number of ether oxygens (including phenoxy) is 1. The van der Waals surface area contributed by atoms with Crippen LogP contribution in [-0.4, -0.2) is 33.2 Å². The summed E-state index contributed by atoms with van der Waals surface area (Å²) in [6, 6.07) is 14.9. The molecule has 0 spiro atoms. The van der Waals surface area contributed by atoms with Crippen LogP contribution in [0.2, 0.25) is 0 Å². The Kier molecular flexibility index (Phi) is 8.00. The molecule has 36 heavy (non-hydrogen) atoms. The maximum absolute atomic E-state index is 13.2.